The van der Waals surface area contributed by atoms with E-state index in [1.807, 2.05) is 42.9 Å². The van der Waals surface area contributed by atoms with Crippen molar-refractivity contribution in [2.24, 2.45) is 7.05 Å². The lowest BCUT2D eigenvalue weighted by molar-refractivity contribution is 0.341. The van der Waals surface area contributed by atoms with Crippen LogP contribution in [0.15, 0.2) is 30.5 Å². The van der Waals surface area contributed by atoms with Gasteiger partial charge in [-0.05, 0) is 38.1 Å². The maximum Gasteiger partial charge on any atom is 0.142 e. The smallest absolute Gasteiger partial charge is 0.142 e. The molecule has 19 heavy (non-hydrogen) atoms. The summed E-state index contributed by atoms with van der Waals surface area (Å²) in [5.41, 5.74) is 1.99. The number of hydrogen-bond donors (Lipinski definition) is 1. The fourth-order valence-electron chi connectivity index (χ4n) is 2.01. The molecule has 0 bridgehead atoms. The second kappa shape index (κ2) is 5.97. The number of aromatic nitrogens is 2. The average molecular weight is 280 g/mol. The number of anilines is 1. The molecule has 102 valence electrons. The second-order valence-electron chi connectivity index (χ2n) is 4.32. The predicted octanol–water partition coefficient (Wildman–Crippen LogP) is 3.65. The molecule has 0 amide bonds. The largest absolute Gasteiger partial charge is 0.492 e. The summed E-state index contributed by atoms with van der Waals surface area (Å²) in [6.07, 6.45) is 1.79. The highest BCUT2D eigenvalue weighted by molar-refractivity contribution is 6.30. The molecule has 5 heteroatoms. The minimum atomic E-state index is 0.116. The number of benzene rings is 1. The lowest BCUT2D eigenvalue weighted by Gasteiger charge is -2.18. The van der Waals surface area contributed by atoms with Crippen LogP contribution in [0.2, 0.25) is 5.02 Å². The van der Waals surface area contributed by atoms with Crippen molar-refractivity contribution in [3.8, 4) is 5.75 Å². The summed E-state index contributed by atoms with van der Waals surface area (Å²) in [6.45, 7) is 4.66. The van der Waals surface area contributed by atoms with Crippen LogP contribution in [0, 0.1) is 0 Å². The van der Waals surface area contributed by atoms with Crippen molar-refractivity contribution in [2.45, 2.75) is 19.9 Å². The highest BCUT2D eigenvalue weighted by Gasteiger charge is 2.12. The monoisotopic (exact) mass is 279 g/mol. The highest BCUT2D eigenvalue weighted by Crippen LogP contribution is 2.31. The zero-order chi connectivity index (χ0) is 13.8. The zero-order valence-electron chi connectivity index (χ0n) is 11.4. The van der Waals surface area contributed by atoms with Gasteiger partial charge in [-0.1, -0.05) is 11.6 Å². The summed E-state index contributed by atoms with van der Waals surface area (Å²) in [6, 6.07) is 7.68. The summed E-state index contributed by atoms with van der Waals surface area (Å²) in [5, 5.41) is 8.27. The van der Waals surface area contributed by atoms with E-state index in [0.717, 1.165) is 17.1 Å². The lowest BCUT2D eigenvalue weighted by Crippen LogP contribution is -2.12. The third-order valence-corrected chi connectivity index (χ3v) is 3.15. The number of aryl methyl sites for hydroxylation is 1. The molecule has 1 N–H and O–H groups in total. The summed E-state index contributed by atoms with van der Waals surface area (Å²) < 4.78 is 7.45. The van der Waals surface area contributed by atoms with Crippen molar-refractivity contribution < 1.29 is 4.74 Å². The van der Waals surface area contributed by atoms with Crippen LogP contribution in [-0.4, -0.2) is 16.4 Å². The minimum Gasteiger partial charge on any atom is -0.492 e. The van der Waals surface area contributed by atoms with Crippen LogP contribution in [0.3, 0.4) is 0 Å². The van der Waals surface area contributed by atoms with Gasteiger partial charge in [0.1, 0.15) is 5.75 Å². The molecule has 1 aromatic heterocycles. The van der Waals surface area contributed by atoms with Gasteiger partial charge >= 0.3 is 0 Å². The van der Waals surface area contributed by atoms with Crippen molar-refractivity contribution in [3.05, 3.63) is 41.2 Å². The van der Waals surface area contributed by atoms with Gasteiger partial charge in [0, 0.05) is 18.3 Å². The van der Waals surface area contributed by atoms with Crippen LogP contribution in [0.1, 0.15) is 25.6 Å². The molecule has 1 unspecified atom stereocenters. The first-order valence-electron chi connectivity index (χ1n) is 6.28. The Kier molecular flexibility index (Phi) is 4.32. The molecule has 0 saturated carbocycles. The van der Waals surface area contributed by atoms with Crippen LogP contribution >= 0.6 is 11.6 Å². The quantitative estimate of drug-likeness (QED) is 0.908. The molecule has 0 spiro atoms. The maximum atomic E-state index is 6.04. The van der Waals surface area contributed by atoms with Crippen LogP contribution in [0.5, 0.6) is 5.75 Å². The Bertz CT molecular complexity index is 553. The van der Waals surface area contributed by atoms with E-state index >= 15 is 0 Å². The number of hydrogen-bond acceptors (Lipinski definition) is 3. The standard InChI is InChI=1S/C14H18ClN3O/c1-4-19-14-6-5-11(15)9-12(14)17-10(2)13-7-8-16-18(13)3/h5-10,17H,4H2,1-3H3. The Hall–Kier alpha value is -1.68. The van der Waals surface area contributed by atoms with Gasteiger partial charge in [0.25, 0.3) is 0 Å². The molecule has 0 radical (unpaired) electrons. The predicted molar refractivity (Wildman–Crippen MR) is 77.9 cm³/mol. The van der Waals surface area contributed by atoms with E-state index in [0.29, 0.717) is 11.6 Å². The average Bonchev–Trinajstić information content (AvgIpc) is 2.79. The number of nitrogens with one attached hydrogen (secondary N) is 1. The summed E-state index contributed by atoms with van der Waals surface area (Å²) in [7, 11) is 1.93. The molecule has 0 fully saturated rings. The third-order valence-electron chi connectivity index (χ3n) is 2.92. The van der Waals surface area contributed by atoms with Crippen molar-refractivity contribution in [3.63, 3.8) is 0 Å². The van der Waals surface area contributed by atoms with Crippen LogP contribution in [0.4, 0.5) is 5.69 Å². The Balaban J connectivity index is 2.22. The number of nitrogens with zero attached hydrogens (tertiary/aromatic N) is 2. The SMILES string of the molecule is CCOc1ccc(Cl)cc1NC(C)c1ccnn1C. The molecule has 0 aliphatic carbocycles. The molecule has 0 aliphatic rings. The fourth-order valence-corrected chi connectivity index (χ4v) is 2.18. The first-order chi connectivity index (χ1) is 9.11. The van der Waals surface area contributed by atoms with E-state index in [-0.39, 0.29) is 6.04 Å². The highest BCUT2D eigenvalue weighted by atomic mass is 35.5. The van der Waals surface area contributed by atoms with E-state index in [2.05, 4.69) is 17.3 Å². The zero-order valence-corrected chi connectivity index (χ0v) is 12.1. The van der Waals surface area contributed by atoms with Crippen LogP contribution in [-0.2, 0) is 7.05 Å². The Morgan fingerprint density at radius 1 is 1.42 bits per heavy atom. The maximum absolute atomic E-state index is 6.04. The number of ether oxygens (including phenoxy) is 1. The fraction of sp³-hybridized carbons (Fsp3) is 0.357. The minimum absolute atomic E-state index is 0.116. The van der Waals surface area contributed by atoms with Gasteiger partial charge in [-0.3, -0.25) is 4.68 Å². The molecule has 0 aliphatic heterocycles. The van der Waals surface area contributed by atoms with Gasteiger partial charge in [-0.2, -0.15) is 5.10 Å². The van der Waals surface area contributed by atoms with Gasteiger partial charge in [-0.25, -0.2) is 0 Å². The molecular formula is C14H18ClN3O. The number of halogens is 1. The second-order valence-corrected chi connectivity index (χ2v) is 4.76. The lowest BCUT2D eigenvalue weighted by atomic mass is 10.2. The Morgan fingerprint density at radius 3 is 2.84 bits per heavy atom. The first kappa shape index (κ1) is 13.7. The van der Waals surface area contributed by atoms with E-state index in [1.54, 1.807) is 6.20 Å². The molecular weight excluding hydrogens is 262 g/mol. The van der Waals surface area contributed by atoms with Crippen molar-refractivity contribution in [1.29, 1.82) is 0 Å². The van der Waals surface area contributed by atoms with Crippen molar-refractivity contribution >= 4 is 17.3 Å². The van der Waals surface area contributed by atoms with Gasteiger partial charge in [0.15, 0.2) is 0 Å². The first-order valence-corrected chi connectivity index (χ1v) is 6.66. The molecule has 1 aromatic carbocycles. The molecule has 4 nitrogen and oxygen atoms in total. The van der Waals surface area contributed by atoms with E-state index in [1.165, 1.54) is 0 Å². The molecule has 0 saturated heterocycles. The van der Waals surface area contributed by atoms with Gasteiger partial charge in [0.05, 0.1) is 24.0 Å². The van der Waals surface area contributed by atoms with Crippen molar-refractivity contribution in [1.82, 2.24) is 9.78 Å². The van der Waals surface area contributed by atoms with Crippen molar-refractivity contribution in [2.75, 3.05) is 11.9 Å². The van der Waals surface area contributed by atoms with Gasteiger partial charge < -0.3 is 10.1 Å². The Labute approximate surface area is 118 Å². The molecule has 1 heterocycles. The summed E-state index contributed by atoms with van der Waals surface area (Å²) in [4.78, 5) is 0. The Morgan fingerprint density at radius 2 is 2.21 bits per heavy atom. The van der Waals surface area contributed by atoms with Crippen LogP contribution in [0.25, 0.3) is 0 Å². The van der Waals surface area contributed by atoms with Crippen LogP contribution < -0.4 is 10.1 Å². The van der Waals surface area contributed by atoms with E-state index < -0.39 is 0 Å². The molecule has 1 atom stereocenters. The van der Waals surface area contributed by atoms with E-state index in [4.69, 9.17) is 16.3 Å². The van der Waals surface area contributed by atoms with Gasteiger partial charge in [-0.15, -0.1) is 0 Å². The summed E-state index contributed by atoms with van der Waals surface area (Å²) in [5.74, 6) is 0.806. The molecule has 2 aromatic rings. The summed E-state index contributed by atoms with van der Waals surface area (Å²) >= 11 is 6.04. The number of rotatable bonds is 5. The molecule has 2 rings (SSSR count). The normalized spacial score (nSPS) is 12.2. The van der Waals surface area contributed by atoms with Gasteiger partial charge in [0.2, 0.25) is 0 Å². The topological polar surface area (TPSA) is 39.1 Å². The van der Waals surface area contributed by atoms with E-state index in [9.17, 15) is 0 Å². The third kappa shape index (κ3) is 3.20.